The lowest BCUT2D eigenvalue weighted by atomic mass is 9.96. The van der Waals surface area contributed by atoms with Crippen molar-refractivity contribution in [1.29, 1.82) is 0 Å². The van der Waals surface area contributed by atoms with Gasteiger partial charge in [0, 0.05) is 19.0 Å². The van der Waals surface area contributed by atoms with Crippen LogP contribution in [0, 0.1) is 5.92 Å². The minimum Gasteiger partial charge on any atom is -0.334 e. The maximum atomic E-state index is 12.9. The Labute approximate surface area is 162 Å². The molecule has 0 aliphatic carbocycles. The number of amides is 1. The highest BCUT2D eigenvalue weighted by Crippen LogP contribution is 2.32. The molecule has 10 heteroatoms. The Kier molecular flexibility index (Phi) is 6.02. The molecule has 1 N–H and O–H groups in total. The van der Waals surface area contributed by atoms with Crippen LogP contribution in [0.25, 0.3) is 0 Å². The molecule has 6 nitrogen and oxygen atoms in total. The highest BCUT2D eigenvalue weighted by Gasteiger charge is 2.36. The van der Waals surface area contributed by atoms with Crippen molar-refractivity contribution in [3.05, 3.63) is 29.8 Å². The van der Waals surface area contributed by atoms with Gasteiger partial charge >= 0.3 is 6.18 Å². The van der Waals surface area contributed by atoms with E-state index in [-0.39, 0.29) is 29.8 Å². The number of likely N-dealkylation sites (N-methyl/N-ethyl adjacent to an activating group) is 1. The van der Waals surface area contributed by atoms with E-state index in [1.54, 1.807) is 0 Å². The van der Waals surface area contributed by atoms with E-state index in [1.165, 1.54) is 15.3 Å². The summed E-state index contributed by atoms with van der Waals surface area (Å²) in [5, 5.41) is 0. The van der Waals surface area contributed by atoms with Crippen molar-refractivity contribution in [3.63, 3.8) is 0 Å². The molecule has 2 heterocycles. The molecule has 0 radical (unpaired) electrons. The maximum Gasteiger partial charge on any atom is 0.416 e. The number of benzene rings is 1. The number of piperidine rings is 1. The number of piperazine rings is 1. The number of halogens is 3. The van der Waals surface area contributed by atoms with Crippen LogP contribution in [0.1, 0.15) is 18.4 Å². The molecule has 0 unspecified atom stereocenters. The first-order chi connectivity index (χ1) is 13.1. The molecule has 2 aliphatic rings. The Balaban J connectivity index is 1.65. The first-order valence-electron chi connectivity index (χ1n) is 9.36. The summed E-state index contributed by atoms with van der Waals surface area (Å²) in [6.45, 7) is 3.46. The molecule has 0 atom stereocenters. The number of nitrogens with zero attached hydrogens (tertiary/aromatic N) is 2. The molecule has 2 saturated heterocycles. The SMILES string of the molecule is C[NH+]1CCN(C(=O)C2CCN(S(=O)(=O)c3cccc(C(F)(F)F)c3)CC2)CC1. The normalized spacial score (nSPS) is 21.1. The monoisotopic (exact) mass is 420 g/mol. The number of rotatable bonds is 3. The van der Waals surface area contributed by atoms with Crippen LogP contribution in [-0.4, -0.2) is 69.8 Å². The van der Waals surface area contributed by atoms with Crippen LogP contribution >= 0.6 is 0 Å². The van der Waals surface area contributed by atoms with Crippen LogP contribution in [0.15, 0.2) is 29.2 Å². The molecule has 0 spiro atoms. The summed E-state index contributed by atoms with van der Waals surface area (Å²) < 4.78 is 65.3. The van der Waals surface area contributed by atoms with Gasteiger partial charge in [0.05, 0.1) is 43.7 Å². The van der Waals surface area contributed by atoms with E-state index in [9.17, 15) is 26.4 Å². The lowest BCUT2D eigenvalue weighted by Crippen LogP contribution is -3.12. The average molecular weight is 420 g/mol. The third-order valence-corrected chi connectivity index (χ3v) is 7.43. The highest BCUT2D eigenvalue weighted by molar-refractivity contribution is 7.89. The molecule has 2 aliphatic heterocycles. The number of alkyl halides is 3. The Hall–Kier alpha value is -1.65. The van der Waals surface area contributed by atoms with E-state index in [4.69, 9.17) is 0 Å². The summed E-state index contributed by atoms with van der Waals surface area (Å²) in [6.07, 6.45) is -3.83. The van der Waals surface area contributed by atoms with Gasteiger partial charge in [-0.15, -0.1) is 0 Å². The van der Waals surface area contributed by atoms with Gasteiger partial charge in [-0.1, -0.05) is 6.07 Å². The van der Waals surface area contributed by atoms with E-state index in [2.05, 4.69) is 7.05 Å². The fourth-order valence-electron chi connectivity index (χ4n) is 3.69. The van der Waals surface area contributed by atoms with Crippen LogP contribution < -0.4 is 4.90 Å². The van der Waals surface area contributed by atoms with Gasteiger partial charge in [-0.05, 0) is 31.0 Å². The van der Waals surface area contributed by atoms with Gasteiger partial charge in [-0.25, -0.2) is 8.42 Å². The summed E-state index contributed by atoms with van der Waals surface area (Å²) in [5.74, 6) is -0.171. The van der Waals surface area contributed by atoms with E-state index < -0.39 is 21.8 Å². The van der Waals surface area contributed by atoms with E-state index in [0.29, 0.717) is 32.0 Å². The Morgan fingerprint density at radius 1 is 1.11 bits per heavy atom. The minimum absolute atomic E-state index is 0.0589. The largest absolute Gasteiger partial charge is 0.416 e. The molecule has 2 fully saturated rings. The number of hydrogen-bond donors (Lipinski definition) is 1. The second-order valence-corrected chi connectivity index (χ2v) is 9.42. The minimum atomic E-state index is -4.60. The number of quaternary nitrogens is 1. The fourth-order valence-corrected chi connectivity index (χ4v) is 5.21. The third kappa shape index (κ3) is 4.49. The van der Waals surface area contributed by atoms with Crippen LogP contribution in [0.2, 0.25) is 0 Å². The molecule has 156 valence electrons. The summed E-state index contributed by atoms with van der Waals surface area (Å²) in [6, 6.07) is 3.79. The summed E-state index contributed by atoms with van der Waals surface area (Å²) in [4.78, 5) is 15.5. The zero-order valence-electron chi connectivity index (χ0n) is 15.7. The Bertz CT molecular complexity index is 813. The van der Waals surface area contributed by atoms with Gasteiger partial charge in [0.2, 0.25) is 15.9 Å². The predicted molar refractivity (Wildman–Crippen MR) is 96.1 cm³/mol. The zero-order chi connectivity index (χ0) is 20.5. The van der Waals surface area contributed by atoms with Gasteiger partial charge in [0.15, 0.2) is 0 Å². The zero-order valence-corrected chi connectivity index (χ0v) is 16.5. The molecule has 0 bridgehead atoms. The lowest BCUT2D eigenvalue weighted by molar-refractivity contribution is -0.883. The van der Waals surface area contributed by atoms with E-state index in [1.807, 2.05) is 4.90 Å². The average Bonchev–Trinajstić information content (AvgIpc) is 2.67. The van der Waals surface area contributed by atoms with Crippen molar-refractivity contribution >= 4 is 15.9 Å². The molecular formula is C18H25F3N3O3S+. The van der Waals surface area contributed by atoms with Crippen molar-refractivity contribution < 1.29 is 31.3 Å². The van der Waals surface area contributed by atoms with Gasteiger partial charge < -0.3 is 9.80 Å². The molecule has 0 saturated carbocycles. The number of carbonyl (C=O) groups excluding carboxylic acids is 1. The van der Waals surface area contributed by atoms with E-state index in [0.717, 1.165) is 25.2 Å². The van der Waals surface area contributed by atoms with Crippen molar-refractivity contribution in [3.8, 4) is 0 Å². The van der Waals surface area contributed by atoms with Crippen LogP contribution in [0.5, 0.6) is 0 Å². The molecule has 0 aromatic heterocycles. The number of carbonyl (C=O) groups is 1. The fraction of sp³-hybridized carbons (Fsp3) is 0.611. The van der Waals surface area contributed by atoms with E-state index >= 15 is 0 Å². The van der Waals surface area contributed by atoms with Gasteiger partial charge in [0.25, 0.3) is 0 Å². The standard InChI is InChI=1S/C18H24F3N3O3S/c1-22-9-11-23(12-10-22)17(25)14-5-7-24(8-6-14)28(26,27)16-4-2-3-15(13-16)18(19,20)21/h2-4,13-14H,5-12H2,1H3/p+1. The van der Waals surface area contributed by atoms with Gasteiger partial charge in [0.1, 0.15) is 0 Å². The van der Waals surface area contributed by atoms with Crippen LogP contribution in [0.3, 0.4) is 0 Å². The number of sulfonamides is 1. The molecule has 28 heavy (non-hydrogen) atoms. The second-order valence-electron chi connectivity index (χ2n) is 7.49. The molecule has 1 aromatic rings. The van der Waals surface area contributed by atoms with Crippen molar-refractivity contribution in [2.75, 3.05) is 46.3 Å². The topological polar surface area (TPSA) is 62.1 Å². The van der Waals surface area contributed by atoms with Crippen LogP contribution in [0.4, 0.5) is 13.2 Å². The molecule has 1 aromatic carbocycles. The van der Waals surface area contributed by atoms with Gasteiger partial charge in [-0.2, -0.15) is 17.5 Å². The number of hydrogen-bond acceptors (Lipinski definition) is 3. The van der Waals surface area contributed by atoms with Crippen molar-refractivity contribution in [2.45, 2.75) is 23.9 Å². The summed E-state index contributed by atoms with van der Waals surface area (Å²) in [7, 11) is -1.94. The maximum absolute atomic E-state index is 12.9. The first kappa shape index (κ1) is 21.1. The van der Waals surface area contributed by atoms with Gasteiger partial charge in [-0.3, -0.25) is 4.79 Å². The number of nitrogens with one attached hydrogen (secondary N) is 1. The van der Waals surface area contributed by atoms with Crippen LogP contribution in [-0.2, 0) is 21.0 Å². The molecular weight excluding hydrogens is 395 g/mol. The Morgan fingerprint density at radius 2 is 1.71 bits per heavy atom. The second kappa shape index (κ2) is 8.00. The summed E-state index contributed by atoms with van der Waals surface area (Å²) in [5.41, 5.74) is -0.990. The lowest BCUT2D eigenvalue weighted by Gasteiger charge is -2.36. The highest BCUT2D eigenvalue weighted by atomic mass is 32.2. The van der Waals surface area contributed by atoms with Crippen molar-refractivity contribution in [2.24, 2.45) is 5.92 Å². The Morgan fingerprint density at radius 3 is 2.29 bits per heavy atom. The smallest absolute Gasteiger partial charge is 0.334 e. The van der Waals surface area contributed by atoms with Crippen molar-refractivity contribution in [1.82, 2.24) is 9.21 Å². The predicted octanol–water partition coefficient (Wildman–Crippen LogP) is 0.463. The third-order valence-electron chi connectivity index (χ3n) is 5.53. The summed E-state index contributed by atoms with van der Waals surface area (Å²) >= 11 is 0. The quantitative estimate of drug-likeness (QED) is 0.773. The first-order valence-corrected chi connectivity index (χ1v) is 10.8. The molecule has 1 amide bonds. The molecule has 3 rings (SSSR count).